The van der Waals surface area contributed by atoms with Gasteiger partial charge in [-0.1, -0.05) is 5.16 Å². The van der Waals surface area contributed by atoms with E-state index in [1.807, 2.05) is 0 Å². The first-order chi connectivity index (χ1) is 10.2. The third kappa shape index (κ3) is 4.69. The summed E-state index contributed by atoms with van der Waals surface area (Å²) in [4.78, 5) is 19.2. The molecule has 2 heterocycles. The normalized spacial score (nSPS) is 19.6. The van der Waals surface area contributed by atoms with Gasteiger partial charge < -0.3 is 14.3 Å². The van der Waals surface area contributed by atoms with Gasteiger partial charge in [0, 0.05) is 39.5 Å². The lowest BCUT2D eigenvalue weighted by Gasteiger charge is -2.27. The monoisotopic (exact) mass is 320 g/mol. The quantitative estimate of drug-likeness (QED) is 0.827. The molecule has 0 bridgehead atoms. The van der Waals surface area contributed by atoms with Crippen LogP contribution in [0.1, 0.15) is 31.5 Å². The van der Waals surface area contributed by atoms with Crippen molar-refractivity contribution >= 4 is 5.91 Å². The molecule has 0 aromatic carbocycles. The maximum Gasteiger partial charge on any atom is 0.390 e. The van der Waals surface area contributed by atoms with Crippen LogP contribution in [0.5, 0.6) is 0 Å². The van der Waals surface area contributed by atoms with Crippen LogP contribution in [0.25, 0.3) is 0 Å². The second-order valence-electron chi connectivity index (χ2n) is 5.48. The van der Waals surface area contributed by atoms with Crippen LogP contribution in [-0.2, 0) is 11.3 Å². The Kier molecular flexibility index (Phi) is 5.05. The summed E-state index contributed by atoms with van der Waals surface area (Å²) in [6.45, 7) is 4.26. The summed E-state index contributed by atoms with van der Waals surface area (Å²) in [6.07, 6.45) is -4.33. The molecule has 0 saturated carbocycles. The molecular weight excluding hydrogens is 301 g/mol. The summed E-state index contributed by atoms with van der Waals surface area (Å²) < 4.78 is 41.7. The second-order valence-corrected chi connectivity index (χ2v) is 5.48. The van der Waals surface area contributed by atoms with E-state index in [9.17, 15) is 18.0 Å². The molecule has 1 aromatic rings. The maximum atomic E-state index is 12.3. The molecule has 1 aliphatic rings. The Labute approximate surface area is 126 Å². The SMILES string of the molecule is CC(=O)N(Cc1noc(C)n1)[C@H]1CCN(CCC(F)(F)F)C1. The largest absolute Gasteiger partial charge is 0.390 e. The molecule has 22 heavy (non-hydrogen) atoms. The van der Waals surface area contributed by atoms with Gasteiger partial charge in [0.25, 0.3) is 0 Å². The minimum absolute atomic E-state index is 0.0347. The highest BCUT2D eigenvalue weighted by molar-refractivity contribution is 5.73. The number of nitrogens with zero attached hydrogens (tertiary/aromatic N) is 4. The third-order valence-corrected chi connectivity index (χ3v) is 3.69. The highest BCUT2D eigenvalue weighted by Crippen LogP contribution is 2.23. The van der Waals surface area contributed by atoms with Crippen molar-refractivity contribution in [2.75, 3.05) is 19.6 Å². The molecule has 9 heteroatoms. The minimum Gasteiger partial charge on any atom is -0.340 e. The number of hydrogen-bond donors (Lipinski definition) is 0. The van der Waals surface area contributed by atoms with Crippen LogP contribution in [0.4, 0.5) is 13.2 Å². The number of carbonyl (C=O) groups is 1. The molecule has 0 unspecified atom stereocenters. The Morgan fingerprint density at radius 2 is 2.23 bits per heavy atom. The zero-order valence-electron chi connectivity index (χ0n) is 12.6. The Morgan fingerprint density at radius 1 is 1.50 bits per heavy atom. The number of halogens is 3. The molecule has 6 nitrogen and oxygen atoms in total. The molecular formula is C13H19F3N4O2. The molecule has 1 atom stereocenters. The zero-order chi connectivity index (χ0) is 16.3. The van der Waals surface area contributed by atoms with Crippen molar-refractivity contribution in [1.29, 1.82) is 0 Å². The predicted octanol–water partition coefficient (Wildman–Crippen LogP) is 1.75. The van der Waals surface area contributed by atoms with Gasteiger partial charge in [-0.2, -0.15) is 18.2 Å². The molecule has 124 valence electrons. The molecule has 0 radical (unpaired) electrons. The molecule has 0 spiro atoms. The van der Waals surface area contributed by atoms with Gasteiger partial charge in [-0.3, -0.25) is 4.79 Å². The average molecular weight is 320 g/mol. The molecule has 1 amide bonds. The highest BCUT2D eigenvalue weighted by atomic mass is 19.4. The van der Waals surface area contributed by atoms with Crippen LogP contribution in [-0.4, -0.2) is 57.7 Å². The van der Waals surface area contributed by atoms with Gasteiger partial charge in [0.2, 0.25) is 11.8 Å². The van der Waals surface area contributed by atoms with Gasteiger partial charge in [0.1, 0.15) is 0 Å². The maximum absolute atomic E-state index is 12.3. The summed E-state index contributed by atoms with van der Waals surface area (Å²) in [5, 5.41) is 3.75. The van der Waals surface area contributed by atoms with Crippen LogP contribution >= 0.6 is 0 Å². The standard InChI is InChI=1S/C13H19F3N4O2/c1-9-17-12(18-22-9)8-20(10(2)21)11-3-5-19(7-11)6-4-13(14,15)16/h11H,3-8H2,1-2H3/t11-/m0/s1. The molecule has 0 N–H and O–H groups in total. The Hall–Kier alpha value is -1.64. The van der Waals surface area contributed by atoms with E-state index in [0.717, 1.165) is 0 Å². The van der Waals surface area contributed by atoms with Gasteiger partial charge in [-0.25, -0.2) is 0 Å². The minimum atomic E-state index is -4.15. The van der Waals surface area contributed by atoms with Gasteiger partial charge in [0.15, 0.2) is 5.82 Å². The number of carbonyl (C=O) groups excluding carboxylic acids is 1. The van der Waals surface area contributed by atoms with Crippen molar-refractivity contribution in [3.63, 3.8) is 0 Å². The summed E-state index contributed by atoms with van der Waals surface area (Å²) in [5.41, 5.74) is 0. The van der Waals surface area contributed by atoms with Crippen LogP contribution in [0.3, 0.4) is 0 Å². The molecule has 1 aromatic heterocycles. The Bertz CT molecular complexity index is 518. The molecule has 1 fully saturated rings. The van der Waals surface area contributed by atoms with E-state index in [1.165, 1.54) is 6.92 Å². The van der Waals surface area contributed by atoms with Crippen molar-refractivity contribution in [1.82, 2.24) is 19.9 Å². The number of rotatable bonds is 5. The molecule has 0 aliphatic carbocycles. The van der Waals surface area contributed by atoms with E-state index in [1.54, 1.807) is 16.7 Å². The van der Waals surface area contributed by atoms with Crippen molar-refractivity contribution in [2.45, 2.75) is 45.5 Å². The fourth-order valence-corrected chi connectivity index (χ4v) is 2.61. The zero-order valence-corrected chi connectivity index (χ0v) is 12.6. The van der Waals surface area contributed by atoms with E-state index >= 15 is 0 Å². The van der Waals surface area contributed by atoms with E-state index in [2.05, 4.69) is 10.1 Å². The molecule has 2 rings (SSSR count). The van der Waals surface area contributed by atoms with E-state index in [-0.39, 0.29) is 25.0 Å². The first kappa shape index (κ1) is 16.7. The smallest absolute Gasteiger partial charge is 0.340 e. The average Bonchev–Trinajstić information content (AvgIpc) is 3.01. The van der Waals surface area contributed by atoms with Crippen molar-refractivity contribution in [3.8, 4) is 0 Å². The lowest BCUT2D eigenvalue weighted by atomic mass is 10.2. The van der Waals surface area contributed by atoms with Crippen molar-refractivity contribution in [3.05, 3.63) is 11.7 Å². The van der Waals surface area contributed by atoms with Crippen LogP contribution in [0.15, 0.2) is 4.52 Å². The lowest BCUT2D eigenvalue weighted by Crippen LogP contribution is -2.40. The number of hydrogen-bond acceptors (Lipinski definition) is 5. The molecule has 1 saturated heterocycles. The third-order valence-electron chi connectivity index (χ3n) is 3.69. The first-order valence-electron chi connectivity index (χ1n) is 7.10. The number of amides is 1. The molecule has 1 aliphatic heterocycles. The van der Waals surface area contributed by atoms with Gasteiger partial charge in [-0.05, 0) is 6.42 Å². The number of likely N-dealkylation sites (tertiary alicyclic amines) is 1. The number of alkyl halides is 3. The Morgan fingerprint density at radius 3 is 2.77 bits per heavy atom. The number of aryl methyl sites for hydroxylation is 1. The second kappa shape index (κ2) is 6.64. The van der Waals surface area contributed by atoms with Gasteiger partial charge in [-0.15, -0.1) is 0 Å². The predicted molar refractivity (Wildman–Crippen MR) is 70.8 cm³/mol. The fourth-order valence-electron chi connectivity index (χ4n) is 2.61. The first-order valence-corrected chi connectivity index (χ1v) is 7.10. The van der Waals surface area contributed by atoms with Crippen LogP contribution in [0, 0.1) is 6.92 Å². The van der Waals surface area contributed by atoms with E-state index in [0.29, 0.717) is 31.2 Å². The van der Waals surface area contributed by atoms with Crippen LogP contribution in [0.2, 0.25) is 0 Å². The lowest BCUT2D eigenvalue weighted by molar-refractivity contribution is -0.138. The van der Waals surface area contributed by atoms with E-state index in [4.69, 9.17) is 4.52 Å². The fraction of sp³-hybridized carbons (Fsp3) is 0.769. The van der Waals surface area contributed by atoms with Crippen molar-refractivity contribution in [2.24, 2.45) is 0 Å². The highest BCUT2D eigenvalue weighted by Gasteiger charge is 2.33. The van der Waals surface area contributed by atoms with Crippen molar-refractivity contribution < 1.29 is 22.5 Å². The topological polar surface area (TPSA) is 62.5 Å². The summed E-state index contributed by atoms with van der Waals surface area (Å²) in [5.74, 6) is 0.670. The number of aromatic nitrogens is 2. The van der Waals surface area contributed by atoms with Gasteiger partial charge in [0.05, 0.1) is 13.0 Å². The Balaban J connectivity index is 1.92. The van der Waals surface area contributed by atoms with Gasteiger partial charge >= 0.3 is 6.18 Å². The summed E-state index contributed by atoms with van der Waals surface area (Å²) in [7, 11) is 0. The summed E-state index contributed by atoms with van der Waals surface area (Å²) >= 11 is 0. The van der Waals surface area contributed by atoms with E-state index < -0.39 is 12.6 Å². The summed E-state index contributed by atoms with van der Waals surface area (Å²) in [6, 6.07) is -0.121. The van der Waals surface area contributed by atoms with Crippen LogP contribution < -0.4 is 0 Å².